The number of rotatable bonds is 5. The van der Waals surface area contributed by atoms with Crippen LogP contribution in [0.15, 0.2) is 24.3 Å². The summed E-state index contributed by atoms with van der Waals surface area (Å²) < 4.78 is 0. The first kappa shape index (κ1) is 17.5. The molecule has 5 nitrogen and oxygen atoms in total. The molecule has 0 unspecified atom stereocenters. The first-order chi connectivity index (χ1) is 9.60. The molecular formula is C15H22ClN3O2. The molecule has 0 aromatic heterocycles. The lowest BCUT2D eigenvalue weighted by Crippen LogP contribution is -2.29. The van der Waals surface area contributed by atoms with Crippen molar-refractivity contribution >= 4 is 29.9 Å². The normalized spacial score (nSPS) is 20.6. The summed E-state index contributed by atoms with van der Waals surface area (Å²) in [4.78, 5) is 23.0. The average molecular weight is 312 g/mol. The third kappa shape index (κ3) is 4.72. The summed E-state index contributed by atoms with van der Waals surface area (Å²) in [5.41, 5.74) is 12.4. The van der Waals surface area contributed by atoms with Crippen LogP contribution < -0.4 is 16.8 Å². The maximum atomic E-state index is 12.2. The van der Waals surface area contributed by atoms with Crippen LogP contribution in [-0.4, -0.2) is 18.4 Å². The van der Waals surface area contributed by atoms with Gasteiger partial charge in [-0.15, -0.1) is 12.4 Å². The lowest BCUT2D eigenvalue weighted by atomic mass is 9.95. The van der Waals surface area contributed by atoms with Crippen molar-refractivity contribution in [3.05, 3.63) is 29.8 Å². The van der Waals surface area contributed by atoms with Crippen molar-refractivity contribution in [2.45, 2.75) is 25.7 Å². The van der Waals surface area contributed by atoms with Crippen LogP contribution in [0.4, 0.5) is 5.69 Å². The van der Waals surface area contributed by atoms with Crippen molar-refractivity contribution in [2.75, 3.05) is 11.9 Å². The van der Waals surface area contributed by atoms with E-state index in [4.69, 9.17) is 11.5 Å². The number of primary amides is 1. The molecule has 1 fully saturated rings. The highest BCUT2D eigenvalue weighted by molar-refractivity contribution is 5.93. The van der Waals surface area contributed by atoms with Gasteiger partial charge in [0.15, 0.2) is 0 Å². The number of carbonyl (C=O) groups is 2. The number of amides is 2. The third-order valence-electron chi connectivity index (χ3n) is 3.90. The van der Waals surface area contributed by atoms with Crippen LogP contribution in [0.1, 0.15) is 24.8 Å². The first-order valence-electron chi connectivity index (χ1n) is 6.98. The lowest BCUT2D eigenvalue weighted by Gasteiger charge is -2.17. The van der Waals surface area contributed by atoms with Gasteiger partial charge in [-0.1, -0.05) is 18.6 Å². The fourth-order valence-electron chi connectivity index (χ4n) is 2.81. The van der Waals surface area contributed by atoms with Crippen LogP contribution in [-0.2, 0) is 16.0 Å². The van der Waals surface area contributed by atoms with Gasteiger partial charge >= 0.3 is 0 Å². The molecule has 1 aliphatic rings. The van der Waals surface area contributed by atoms with E-state index in [0.29, 0.717) is 12.5 Å². The summed E-state index contributed by atoms with van der Waals surface area (Å²) in [5.74, 6) is -0.00596. The standard InChI is InChI=1S/C15H21N3O2.ClH/c16-9-11-2-1-3-13(11)15(20)18-12-6-4-10(5-7-12)8-14(17)19;/h4-7,11,13H,1-3,8-9,16H2,(H2,17,19)(H,18,20);1H/t11-,13-;/m1./s1. The fourth-order valence-corrected chi connectivity index (χ4v) is 2.81. The molecule has 0 spiro atoms. The average Bonchev–Trinajstić information content (AvgIpc) is 2.89. The largest absolute Gasteiger partial charge is 0.369 e. The third-order valence-corrected chi connectivity index (χ3v) is 3.90. The molecule has 2 amide bonds. The molecule has 0 bridgehead atoms. The SMILES string of the molecule is Cl.NC[C@H]1CCC[C@H]1C(=O)Nc1ccc(CC(N)=O)cc1. The summed E-state index contributed by atoms with van der Waals surface area (Å²) in [6.07, 6.45) is 3.23. The Kier molecular flexibility index (Phi) is 6.65. The zero-order valence-corrected chi connectivity index (χ0v) is 12.7. The van der Waals surface area contributed by atoms with Crippen LogP contribution in [0, 0.1) is 11.8 Å². The van der Waals surface area contributed by atoms with E-state index < -0.39 is 0 Å². The second kappa shape index (κ2) is 8.00. The molecule has 0 radical (unpaired) electrons. The Bertz CT molecular complexity index is 490. The van der Waals surface area contributed by atoms with Gasteiger partial charge in [-0.05, 0) is 43.0 Å². The second-order valence-corrected chi connectivity index (χ2v) is 5.36. The quantitative estimate of drug-likeness (QED) is 0.767. The van der Waals surface area contributed by atoms with E-state index in [9.17, 15) is 9.59 Å². The summed E-state index contributed by atoms with van der Waals surface area (Å²) in [7, 11) is 0. The monoisotopic (exact) mass is 311 g/mol. The van der Waals surface area contributed by atoms with Crippen molar-refractivity contribution in [1.29, 1.82) is 0 Å². The minimum atomic E-state index is -0.362. The van der Waals surface area contributed by atoms with E-state index in [0.717, 1.165) is 30.5 Å². The van der Waals surface area contributed by atoms with Gasteiger partial charge in [0.2, 0.25) is 11.8 Å². The van der Waals surface area contributed by atoms with Gasteiger partial charge in [-0.3, -0.25) is 9.59 Å². The number of carbonyl (C=O) groups excluding carboxylic acids is 2. The Hall–Kier alpha value is -1.59. The number of hydrogen-bond donors (Lipinski definition) is 3. The van der Waals surface area contributed by atoms with Gasteiger partial charge < -0.3 is 16.8 Å². The van der Waals surface area contributed by atoms with Crippen LogP contribution in [0.2, 0.25) is 0 Å². The molecule has 1 saturated carbocycles. The molecule has 0 heterocycles. The highest BCUT2D eigenvalue weighted by Crippen LogP contribution is 2.31. The highest BCUT2D eigenvalue weighted by Gasteiger charge is 2.31. The molecule has 116 valence electrons. The van der Waals surface area contributed by atoms with E-state index in [1.807, 2.05) is 0 Å². The Balaban J connectivity index is 0.00000220. The molecule has 21 heavy (non-hydrogen) atoms. The Morgan fingerprint density at radius 3 is 2.43 bits per heavy atom. The topological polar surface area (TPSA) is 98.2 Å². The van der Waals surface area contributed by atoms with Gasteiger partial charge in [0, 0.05) is 11.6 Å². The predicted molar refractivity (Wildman–Crippen MR) is 85.1 cm³/mol. The second-order valence-electron chi connectivity index (χ2n) is 5.36. The molecule has 2 rings (SSSR count). The van der Waals surface area contributed by atoms with E-state index in [1.54, 1.807) is 24.3 Å². The summed E-state index contributed by atoms with van der Waals surface area (Å²) in [6, 6.07) is 7.19. The van der Waals surface area contributed by atoms with Crippen molar-refractivity contribution in [1.82, 2.24) is 0 Å². The van der Waals surface area contributed by atoms with Crippen LogP contribution >= 0.6 is 12.4 Å². The zero-order valence-electron chi connectivity index (χ0n) is 11.9. The maximum absolute atomic E-state index is 12.2. The molecule has 1 aromatic carbocycles. The summed E-state index contributed by atoms with van der Waals surface area (Å²) >= 11 is 0. The van der Waals surface area contributed by atoms with E-state index in [2.05, 4.69) is 5.32 Å². The van der Waals surface area contributed by atoms with Gasteiger partial charge in [0.25, 0.3) is 0 Å². The lowest BCUT2D eigenvalue weighted by molar-refractivity contribution is -0.121. The molecule has 0 saturated heterocycles. The molecule has 1 aliphatic carbocycles. The smallest absolute Gasteiger partial charge is 0.227 e. The minimum Gasteiger partial charge on any atom is -0.369 e. The van der Waals surface area contributed by atoms with Crippen LogP contribution in [0.25, 0.3) is 0 Å². The van der Waals surface area contributed by atoms with Crippen molar-refractivity contribution in [2.24, 2.45) is 23.3 Å². The van der Waals surface area contributed by atoms with Gasteiger partial charge in [-0.2, -0.15) is 0 Å². The summed E-state index contributed by atoms with van der Waals surface area (Å²) in [6.45, 7) is 0.565. The van der Waals surface area contributed by atoms with Crippen molar-refractivity contribution in [3.8, 4) is 0 Å². The van der Waals surface area contributed by atoms with Crippen LogP contribution in [0.3, 0.4) is 0 Å². The fraction of sp³-hybridized carbons (Fsp3) is 0.467. The maximum Gasteiger partial charge on any atom is 0.227 e. The zero-order chi connectivity index (χ0) is 14.5. The highest BCUT2D eigenvalue weighted by atomic mass is 35.5. The molecular weight excluding hydrogens is 290 g/mol. The summed E-state index contributed by atoms with van der Waals surface area (Å²) in [5, 5.41) is 2.92. The number of nitrogens with one attached hydrogen (secondary N) is 1. The number of anilines is 1. The predicted octanol–water partition coefficient (Wildman–Crippen LogP) is 1.45. The number of benzene rings is 1. The van der Waals surface area contributed by atoms with Gasteiger partial charge in [0.05, 0.1) is 6.42 Å². The molecule has 6 heteroatoms. The number of hydrogen-bond acceptors (Lipinski definition) is 3. The van der Waals surface area contributed by atoms with Crippen molar-refractivity contribution in [3.63, 3.8) is 0 Å². The van der Waals surface area contributed by atoms with Crippen molar-refractivity contribution < 1.29 is 9.59 Å². The number of halogens is 1. The van der Waals surface area contributed by atoms with Gasteiger partial charge in [-0.25, -0.2) is 0 Å². The molecule has 2 atom stereocenters. The Morgan fingerprint density at radius 1 is 1.19 bits per heavy atom. The number of nitrogens with two attached hydrogens (primary N) is 2. The van der Waals surface area contributed by atoms with Crippen LogP contribution in [0.5, 0.6) is 0 Å². The molecule has 0 aliphatic heterocycles. The molecule has 5 N–H and O–H groups in total. The first-order valence-corrected chi connectivity index (χ1v) is 6.98. The van der Waals surface area contributed by atoms with E-state index >= 15 is 0 Å². The Morgan fingerprint density at radius 2 is 1.86 bits per heavy atom. The van der Waals surface area contributed by atoms with Gasteiger partial charge in [0.1, 0.15) is 0 Å². The molecule has 1 aromatic rings. The van der Waals surface area contributed by atoms with E-state index in [-0.39, 0.29) is 36.6 Å². The minimum absolute atomic E-state index is 0. The Labute approximate surface area is 130 Å². The van der Waals surface area contributed by atoms with E-state index in [1.165, 1.54) is 0 Å².